The van der Waals surface area contributed by atoms with Crippen LogP contribution in [0.3, 0.4) is 0 Å². The third-order valence-corrected chi connectivity index (χ3v) is 4.11. The molecule has 1 N–H and O–H groups in total. The summed E-state index contributed by atoms with van der Waals surface area (Å²) in [6.07, 6.45) is 3.24. The number of nitrogens with one attached hydrogen (secondary N) is 1. The van der Waals surface area contributed by atoms with Gasteiger partial charge in [0.25, 0.3) is 5.91 Å². The van der Waals surface area contributed by atoms with E-state index in [1.54, 1.807) is 37.1 Å². The number of pyridine rings is 1. The second-order valence-electron chi connectivity index (χ2n) is 5.04. The summed E-state index contributed by atoms with van der Waals surface area (Å²) in [6.45, 7) is 1.31. The SMILES string of the molecule is COCCOc1ccc(CNC(=O)c2csc(-c3ccco3)n2)cn1. The summed E-state index contributed by atoms with van der Waals surface area (Å²) in [5.41, 5.74) is 1.23. The summed E-state index contributed by atoms with van der Waals surface area (Å²) in [5, 5.41) is 5.20. The Morgan fingerprint density at radius 2 is 2.24 bits per heavy atom. The van der Waals surface area contributed by atoms with Crippen LogP contribution in [0.15, 0.2) is 46.5 Å². The molecule has 0 fully saturated rings. The standard InChI is InChI=1S/C17H17N3O4S/c1-22-7-8-24-15-5-4-12(9-18-15)10-19-16(21)13-11-25-17(20-13)14-3-2-6-23-14/h2-6,9,11H,7-8,10H2,1H3,(H,19,21). The van der Waals surface area contributed by atoms with Crippen molar-refractivity contribution in [3.05, 3.63) is 53.4 Å². The molecule has 0 aliphatic rings. The van der Waals surface area contributed by atoms with Crippen molar-refractivity contribution in [2.24, 2.45) is 0 Å². The molecule has 0 radical (unpaired) electrons. The topological polar surface area (TPSA) is 86.5 Å². The molecule has 0 aromatic carbocycles. The summed E-state index contributed by atoms with van der Waals surface area (Å²) in [7, 11) is 1.61. The van der Waals surface area contributed by atoms with Gasteiger partial charge in [0.2, 0.25) is 5.88 Å². The Hall–Kier alpha value is -2.71. The molecule has 0 atom stereocenters. The maximum atomic E-state index is 12.2. The molecule has 3 heterocycles. The first-order valence-electron chi connectivity index (χ1n) is 7.60. The fourth-order valence-electron chi connectivity index (χ4n) is 1.99. The highest BCUT2D eigenvalue weighted by Gasteiger charge is 2.13. The van der Waals surface area contributed by atoms with Crippen molar-refractivity contribution in [1.82, 2.24) is 15.3 Å². The quantitative estimate of drug-likeness (QED) is 0.623. The van der Waals surface area contributed by atoms with E-state index >= 15 is 0 Å². The Labute approximate surface area is 148 Å². The van der Waals surface area contributed by atoms with Crippen LogP contribution in [-0.4, -0.2) is 36.2 Å². The first-order chi connectivity index (χ1) is 12.3. The molecule has 0 spiro atoms. The maximum Gasteiger partial charge on any atom is 0.271 e. The van der Waals surface area contributed by atoms with Crippen molar-refractivity contribution < 1.29 is 18.7 Å². The predicted octanol–water partition coefficient (Wildman–Crippen LogP) is 2.75. The number of furan rings is 1. The smallest absolute Gasteiger partial charge is 0.271 e. The highest BCUT2D eigenvalue weighted by Crippen LogP contribution is 2.23. The van der Waals surface area contributed by atoms with Crippen molar-refractivity contribution in [2.45, 2.75) is 6.54 Å². The zero-order valence-electron chi connectivity index (χ0n) is 13.6. The lowest BCUT2D eigenvalue weighted by atomic mass is 10.3. The Kier molecular flexibility index (Phi) is 5.76. The number of rotatable bonds is 8. The maximum absolute atomic E-state index is 12.2. The number of aromatic nitrogens is 2. The largest absolute Gasteiger partial charge is 0.475 e. The van der Waals surface area contributed by atoms with Crippen molar-refractivity contribution in [3.8, 4) is 16.6 Å². The summed E-state index contributed by atoms with van der Waals surface area (Å²) >= 11 is 1.36. The lowest BCUT2D eigenvalue weighted by Crippen LogP contribution is -2.23. The number of hydrogen-bond acceptors (Lipinski definition) is 7. The Balaban J connectivity index is 1.52. The average Bonchev–Trinajstić information content (AvgIpc) is 3.32. The van der Waals surface area contributed by atoms with Crippen LogP contribution in [0, 0.1) is 0 Å². The van der Waals surface area contributed by atoms with E-state index in [2.05, 4.69) is 15.3 Å². The monoisotopic (exact) mass is 359 g/mol. The summed E-state index contributed by atoms with van der Waals surface area (Å²) < 4.78 is 15.6. The molecule has 25 heavy (non-hydrogen) atoms. The number of hydrogen-bond donors (Lipinski definition) is 1. The zero-order chi connectivity index (χ0) is 17.5. The highest BCUT2D eigenvalue weighted by molar-refractivity contribution is 7.13. The minimum absolute atomic E-state index is 0.241. The molecule has 0 saturated carbocycles. The fraction of sp³-hybridized carbons (Fsp3) is 0.235. The van der Waals surface area contributed by atoms with E-state index in [1.807, 2.05) is 12.1 Å². The molecular weight excluding hydrogens is 342 g/mol. The van der Waals surface area contributed by atoms with Gasteiger partial charge in [-0.15, -0.1) is 11.3 Å². The third-order valence-electron chi connectivity index (χ3n) is 3.26. The van der Waals surface area contributed by atoms with Gasteiger partial charge in [-0.25, -0.2) is 9.97 Å². The van der Waals surface area contributed by atoms with Crippen molar-refractivity contribution in [1.29, 1.82) is 0 Å². The Morgan fingerprint density at radius 3 is 2.96 bits per heavy atom. The average molecular weight is 359 g/mol. The number of ether oxygens (including phenoxy) is 2. The van der Waals surface area contributed by atoms with Gasteiger partial charge >= 0.3 is 0 Å². The number of carbonyl (C=O) groups is 1. The van der Waals surface area contributed by atoms with Gasteiger partial charge in [0.1, 0.15) is 12.3 Å². The van der Waals surface area contributed by atoms with Crippen LogP contribution < -0.4 is 10.1 Å². The summed E-state index contributed by atoms with van der Waals surface area (Å²) in [4.78, 5) is 20.7. The van der Waals surface area contributed by atoms with Crippen LogP contribution in [-0.2, 0) is 11.3 Å². The van der Waals surface area contributed by atoms with Crippen LogP contribution >= 0.6 is 11.3 Å². The molecule has 0 unspecified atom stereocenters. The molecule has 1 amide bonds. The minimum atomic E-state index is -0.241. The zero-order valence-corrected chi connectivity index (χ0v) is 14.4. The van der Waals surface area contributed by atoms with E-state index in [1.165, 1.54) is 11.3 Å². The molecule has 3 rings (SSSR count). The van der Waals surface area contributed by atoms with Gasteiger partial charge in [-0.3, -0.25) is 4.79 Å². The summed E-state index contributed by atoms with van der Waals surface area (Å²) in [5.74, 6) is 0.932. The molecule has 130 valence electrons. The molecule has 0 bridgehead atoms. The van der Waals surface area contributed by atoms with Gasteiger partial charge in [-0.2, -0.15) is 0 Å². The molecule has 3 aromatic rings. The molecule has 0 saturated heterocycles. The van der Waals surface area contributed by atoms with E-state index < -0.39 is 0 Å². The van der Waals surface area contributed by atoms with E-state index in [9.17, 15) is 4.79 Å². The lowest BCUT2D eigenvalue weighted by molar-refractivity contribution is 0.0946. The van der Waals surface area contributed by atoms with E-state index in [4.69, 9.17) is 13.9 Å². The van der Waals surface area contributed by atoms with Crippen molar-refractivity contribution in [2.75, 3.05) is 20.3 Å². The molecule has 8 heteroatoms. The predicted molar refractivity (Wildman–Crippen MR) is 92.6 cm³/mol. The molecule has 7 nitrogen and oxygen atoms in total. The minimum Gasteiger partial charge on any atom is -0.475 e. The van der Waals surface area contributed by atoms with Gasteiger partial charge in [0, 0.05) is 31.3 Å². The van der Waals surface area contributed by atoms with Gasteiger partial charge in [-0.1, -0.05) is 6.07 Å². The van der Waals surface area contributed by atoms with E-state index in [0.29, 0.717) is 42.1 Å². The number of carbonyl (C=O) groups excluding carboxylic acids is 1. The van der Waals surface area contributed by atoms with Crippen LogP contribution in [0.1, 0.15) is 16.1 Å². The second-order valence-corrected chi connectivity index (χ2v) is 5.90. The third kappa shape index (κ3) is 4.65. The number of nitrogens with zero attached hydrogens (tertiary/aromatic N) is 2. The van der Waals surface area contributed by atoms with Gasteiger partial charge in [-0.05, 0) is 17.7 Å². The highest BCUT2D eigenvalue weighted by atomic mass is 32.1. The molecule has 3 aromatic heterocycles. The van der Waals surface area contributed by atoms with E-state index in [-0.39, 0.29) is 5.91 Å². The van der Waals surface area contributed by atoms with Gasteiger partial charge in [0.15, 0.2) is 10.8 Å². The van der Waals surface area contributed by atoms with Crippen molar-refractivity contribution >= 4 is 17.2 Å². The number of thiazole rings is 1. The number of methoxy groups -OCH3 is 1. The van der Waals surface area contributed by atoms with Gasteiger partial charge in [0.05, 0.1) is 12.9 Å². The van der Waals surface area contributed by atoms with Crippen LogP contribution in [0.2, 0.25) is 0 Å². The second kappa shape index (κ2) is 8.41. The first kappa shape index (κ1) is 17.1. The first-order valence-corrected chi connectivity index (χ1v) is 8.48. The van der Waals surface area contributed by atoms with Crippen molar-refractivity contribution in [3.63, 3.8) is 0 Å². The van der Waals surface area contributed by atoms with Crippen LogP contribution in [0.4, 0.5) is 0 Å². The van der Waals surface area contributed by atoms with E-state index in [0.717, 1.165) is 5.56 Å². The Morgan fingerprint density at radius 1 is 1.32 bits per heavy atom. The van der Waals surface area contributed by atoms with Crippen LogP contribution in [0.25, 0.3) is 10.8 Å². The lowest BCUT2D eigenvalue weighted by Gasteiger charge is -2.06. The summed E-state index contributed by atoms with van der Waals surface area (Å²) in [6, 6.07) is 7.20. The van der Waals surface area contributed by atoms with Crippen LogP contribution in [0.5, 0.6) is 5.88 Å². The fourth-order valence-corrected chi connectivity index (χ4v) is 2.76. The molecular formula is C17H17N3O4S. The van der Waals surface area contributed by atoms with Gasteiger partial charge < -0.3 is 19.2 Å². The molecule has 0 aliphatic carbocycles. The normalized spacial score (nSPS) is 10.6. The number of amides is 1. The molecule has 0 aliphatic heterocycles. The Bertz CT molecular complexity index is 800.